The minimum atomic E-state index is 0.537. The molecule has 3 aromatic rings. The van der Waals surface area contributed by atoms with Gasteiger partial charge >= 0.3 is 0 Å². The Bertz CT molecular complexity index is 1050. The van der Waals surface area contributed by atoms with Gasteiger partial charge in [-0.2, -0.15) is 5.26 Å². The summed E-state index contributed by atoms with van der Waals surface area (Å²) >= 11 is 5.44. The maximum absolute atomic E-state index is 9.67. The molecule has 1 aliphatic carbocycles. The summed E-state index contributed by atoms with van der Waals surface area (Å²) in [4.78, 5) is 3.27. The number of nitrogens with one attached hydrogen (secondary N) is 1. The van der Waals surface area contributed by atoms with E-state index in [0.717, 1.165) is 48.1 Å². The molecule has 1 N–H and O–H groups in total. The highest BCUT2D eigenvalue weighted by Crippen LogP contribution is 2.34. The highest BCUT2D eigenvalue weighted by molar-refractivity contribution is 7.71. The molecule has 1 aliphatic rings. The predicted molar refractivity (Wildman–Crippen MR) is 109 cm³/mol. The van der Waals surface area contributed by atoms with Gasteiger partial charge < -0.3 is 9.72 Å². The molecule has 0 radical (unpaired) electrons. The van der Waals surface area contributed by atoms with E-state index in [-0.39, 0.29) is 0 Å². The normalized spacial score (nSPS) is 12.9. The predicted octanol–water partition coefficient (Wildman–Crippen LogP) is 5.74. The first-order valence-corrected chi connectivity index (χ1v) is 9.62. The molecule has 0 aliphatic heterocycles. The first-order chi connectivity index (χ1) is 13.3. The number of aromatic amines is 1. The molecule has 1 aromatic heterocycles. The van der Waals surface area contributed by atoms with Gasteiger partial charge in [-0.1, -0.05) is 54.7 Å². The summed E-state index contributed by atoms with van der Waals surface area (Å²) in [7, 11) is 0. The second kappa shape index (κ2) is 7.77. The van der Waals surface area contributed by atoms with Crippen molar-refractivity contribution in [3.05, 3.63) is 81.6 Å². The van der Waals surface area contributed by atoms with Crippen LogP contribution in [0.1, 0.15) is 35.2 Å². The fraction of sp³-hybridized carbons (Fsp3) is 0.217. The van der Waals surface area contributed by atoms with Crippen LogP contribution in [0.5, 0.6) is 5.75 Å². The molecular weight excluding hydrogens is 352 g/mol. The van der Waals surface area contributed by atoms with E-state index in [1.54, 1.807) is 0 Å². The number of pyridine rings is 1. The number of hydrogen-bond donors (Lipinski definition) is 1. The van der Waals surface area contributed by atoms with Crippen molar-refractivity contribution < 1.29 is 4.74 Å². The Balaban J connectivity index is 1.65. The molecule has 0 amide bonds. The third-order valence-corrected chi connectivity index (χ3v) is 5.32. The number of benzene rings is 2. The lowest BCUT2D eigenvalue weighted by Gasteiger charge is -2.21. The lowest BCUT2D eigenvalue weighted by Crippen LogP contribution is -2.09. The summed E-state index contributed by atoms with van der Waals surface area (Å²) < 4.78 is 6.42. The van der Waals surface area contributed by atoms with E-state index in [1.807, 2.05) is 54.6 Å². The Kier molecular flexibility index (Phi) is 5.04. The molecule has 0 atom stereocenters. The van der Waals surface area contributed by atoms with E-state index >= 15 is 0 Å². The molecule has 4 rings (SSSR count). The van der Waals surface area contributed by atoms with Crippen molar-refractivity contribution in [1.29, 1.82) is 5.26 Å². The van der Waals surface area contributed by atoms with Crippen molar-refractivity contribution in [3.63, 3.8) is 0 Å². The Hall–Kier alpha value is -2.90. The number of nitriles is 1. The largest absolute Gasteiger partial charge is 0.489 e. The van der Waals surface area contributed by atoms with Crippen molar-refractivity contribution in [3.8, 4) is 22.9 Å². The van der Waals surface area contributed by atoms with Crippen LogP contribution < -0.4 is 4.74 Å². The van der Waals surface area contributed by atoms with Crippen molar-refractivity contribution >= 4 is 12.2 Å². The van der Waals surface area contributed by atoms with Crippen LogP contribution in [-0.4, -0.2) is 4.98 Å². The summed E-state index contributed by atoms with van der Waals surface area (Å²) in [6.07, 6.45) is 4.29. The lowest BCUT2D eigenvalue weighted by atomic mass is 9.87. The third-order valence-electron chi connectivity index (χ3n) is 5.01. The molecule has 2 aromatic carbocycles. The zero-order valence-electron chi connectivity index (χ0n) is 15.0. The molecule has 1 heterocycles. The number of aryl methyl sites for hydroxylation is 1. The summed E-state index contributed by atoms with van der Waals surface area (Å²) in [5.74, 6) is 0.816. The van der Waals surface area contributed by atoms with Gasteiger partial charge in [0.15, 0.2) is 0 Å². The number of nitrogens with zero attached hydrogens (tertiary/aromatic N) is 1. The van der Waals surface area contributed by atoms with E-state index in [4.69, 9.17) is 17.0 Å². The smallest absolute Gasteiger partial charge is 0.122 e. The van der Waals surface area contributed by atoms with Crippen LogP contribution in [0.4, 0.5) is 0 Å². The Morgan fingerprint density at radius 1 is 1.00 bits per heavy atom. The van der Waals surface area contributed by atoms with Gasteiger partial charge in [0, 0.05) is 11.3 Å². The van der Waals surface area contributed by atoms with Gasteiger partial charge in [0.2, 0.25) is 0 Å². The molecule has 0 fully saturated rings. The van der Waals surface area contributed by atoms with Gasteiger partial charge in [0.25, 0.3) is 0 Å². The van der Waals surface area contributed by atoms with E-state index in [1.165, 1.54) is 11.3 Å². The quantitative estimate of drug-likeness (QED) is 0.594. The third kappa shape index (κ3) is 3.65. The van der Waals surface area contributed by atoms with E-state index in [2.05, 4.69) is 11.1 Å². The van der Waals surface area contributed by atoms with Crippen LogP contribution >= 0.6 is 12.2 Å². The van der Waals surface area contributed by atoms with Crippen LogP contribution in [0, 0.1) is 16.0 Å². The molecule has 0 saturated heterocycles. The molecule has 3 nitrogen and oxygen atoms in total. The van der Waals surface area contributed by atoms with Gasteiger partial charge in [-0.25, -0.2) is 0 Å². The highest BCUT2D eigenvalue weighted by atomic mass is 32.1. The first-order valence-electron chi connectivity index (χ1n) is 9.21. The summed E-state index contributed by atoms with van der Waals surface area (Å²) in [6.45, 7) is 0.537. The minimum Gasteiger partial charge on any atom is -0.489 e. The van der Waals surface area contributed by atoms with Gasteiger partial charge in [-0.15, -0.1) is 0 Å². The zero-order valence-corrected chi connectivity index (χ0v) is 15.8. The lowest BCUT2D eigenvalue weighted by molar-refractivity contribution is 0.306. The maximum atomic E-state index is 9.67. The van der Waals surface area contributed by atoms with Crippen LogP contribution in [-0.2, 0) is 19.4 Å². The summed E-state index contributed by atoms with van der Waals surface area (Å²) in [6, 6.07) is 20.4. The Labute approximate surface area is 164 Å². The SMILES string of the molecule is N#Cc1c(-c2ccc(OCc3ccccc3)cc2)c2c([nH]c1=S)CCCC2. The molecule has 0 spiro atoms. The van der Waals surface area contributed by atoms with Crippen molar-refractivity contribution in [2.24, 2.45) is 0 Å². The number of rotatable bonds is 4. The summed E-state index contributed by atoms with van der Waals surface area (Å²) in [5, 5.41) is 9.67. The Morgan fingerprint density at radius 2 is 1.74 bits per heavy atom. The second-order valence-corrected chi connectivity index (χ2v) is 7.19. The maximum Gasteiger partial charge on any atom is 0.122 e. The van der Waals surface area contributed by atoms with Crippen LogP contribution in [0.15, 0.2) is 54.6 Å². The number of aromatic nitrogens is 1. The van der Waals surface area contributed by atoms with Crippen LogP contribution in [0.3, 0.4) is 0 Å². The van der Waals surface area contributed by atoms with Crippen LogP contribution in [0.25, 0.3) is 11.1 Å². The van der Waals surface area contributed by atoms with Crippen molar-refractivity contribution in [2.45, 2.75) is 32.3 Å². The van der Waals surface area contributed by atoms with Crippen molar-refractivity contribution in [1.82, 2.24) is 4.98 Å². The number of hydrogen-bond acceptors (Lipinski definition) is 3. The van der Waals surface area contributed by atoms with Gasteiger partial charge in [-0.05, 0) is 54.5 Å². The van der Waals surface area contributed by atoms with E-state index in [9.17, 15) is 5.26 Å². The van der Waals surface area contributed by atoms with Gasteiger partial charge in [-0.3, -0.25) is 0 Å². The topological polar surface area (TPSA) is 48.8 Å². The average Bonchev–Trinajstić information content (AvgIpc) is 2.72. The summed E-state index contributed by atoms with van der Waals surface area (Å²) in [5.41, 5.74) is 6.15. The average molecular weight is 372 g/mol. The number of H-pyrrole nitrogens is 1. The van der Waals surface area contributed by atoms with Gasteiger partial charge in [0.1, 0.15) is 23.1 Å². The molecule has 0 bridgehead atoms. The van der Waals surface area contributed by atoms with E-state index < -0.39 is 0 Å². The molecular formula is C23H20N2OS. The fourth-order valence-electron chi connectivity index (χ4n) is 3.67. The van der Waals surface area contributed by atoms with Gasteiger partial charge in [0.05, 0.1) is 5.56 Å². The molecule has 0 saturated carbocycles. The Morgan fingerprint density at radius 3 is 2.48 bits per heavy atom. The number of fused-ring (bicyclic) bond motifs is 1. The molecule has 134 valence electrons. The zero-order chi connectivity index (χ0) is 18.6. The fourth-order valence-corrected chi connectivity index (χ4v) is 3.94. The van der Waals surface area contributed by atoms with Crippen LogP contribution in [0.2, 0.25) is 0 Å². The molecule has 27 heavy (non-hydrogen) atoms. The molecule has 4 heteroatoms. The van der Waals surface area contributed by atoms with Crippen molar-refractivity contribution in [2.75, 3.05) is 0 Å². The minimum absolute atomic E-state index is 0.537. The van der Waals surface area contributed by atoms with E-state index in [0.29, 0.717) is 16.8 Å². The monoisotopic (exact) mass is 372 g/mol. The first kappa shape index (κ1) is 17.5. The highest BCUT2D eigenvalue weighted by Gasteiger charge is 2.19. The number of ether oxygens (including phenoxy) is 1. The second-order valence-electron chi connectivity index (χ2n) is 6.78. The standard InChI is InChI=1S/C23H20N2OS/c24-14-20-22(19-8-4-5-9-21(19)25-23(20)27)17-10-12-18(13-11-17)26-15-16-6-2-1-3-7-16/h1-3,6-7,10-13H,4-5,8-9,15H2,(H,25,27). The molecule has 0 unspecified atom stereocenters.